The second-order valence-corrected chi connectivity index (χ2v) is 7.62. The maximum atomic E-state index is 14.0. The van der Waals surface area contributed by atoms with E-state index in [1.807, 2.05) is 31.2 Å². The molecule has 0 aliphatic carbocycles. The molecule has 0 fully saturated rings. The Morgan fingerprint density at radius 2 is 2.00 bits per heavy atom. The third kappa shape index (κ3) is 3.47. The third-order valence-electron chi connectivity index (χ3n) is 3.75. The Morgan fingerprint density at radius 3 is 2.67 bits per heavy atom. The lowest BCUT2D eigenvalue weighted by Crippen LogP contribution is -2.18. The number of benzene rings is 2. The number of oxazole rings is 1. The monoisotopic (exact) mass is 348 g/mol. The minimum atomic E-state index is -3.57. The smallest absolute Gasteiger partial charge is 0.209 e. The Bertz CT molecular complexity index is 949. The highest BCUT2D eigenvalue weighted by molar-refractivity contribution is 7.90. The molecule has 1 heterocycles. The van der Waals surface area contributed by atoms with E-state index in [1.165, 1.54) is 12.1 Å². The minimum Gasteiger partial charge on any atom is -0.439 e. The molecule has 1 N–H and O–H groups in total. The lowest BCUT2D eigenvalue weighted by atomic mass is 10.1. The van der Waals surface area contributed by atoms with E-state index in [9.17, 15) is 12.8 Å². The van der Waals surface area contributed by atoms with E-state index in [1.54, 1.807) is 6.07 Å². The Balaban J connectivity index is 1.73. The molecule has 5 nitrogen and oxygen atoms in total. The molecule has 0 spiro atoms. The second-order valence-electron chi connectivity index (χ2n) is 5.64. The van der Waals surface area contributed by atoms with E-state index in [0.717, 1.165) is 11.8 Å². The van der Waals surface area contributed by atoms with Crippen molar-refractivity contribution >= 4 is 20.9 Å². The molecule has 1 aromatic heterocycles. The van der Waals surface area contributed by atoms with Crippen LogP contribution in [0, 0.1) is 5.82 Å². The molecule has 3 aromatic rings. The highest BCUT2D eigenvalue weighted by Gasteiger charge is 2.16. The normalized spacial score (nSPS) is 13.3. The van der Waals surface area contributed by atoms with Crippen molar-refractivity contribution in [3.63, 3.8) is 0 Å². The largest absolute Gasteiger partial charge is 0.439 e. The number of halogens is 1. The fourth-order valence-corrected chi connectivity index (χ4v) is 3.17. The fraction of sp³-hybridized carbons (Fsp3) is 0.235. The van der Waals surface area contributed by atoms with Gasteiger partial charge in [0.1, 0.15) is 16.2 Å². The van der Waals surface area contributed by atoms with Crippen LogP contribution in [-0.4, -0.2) is 19.7 Å². The van der Waals surface area contributed by atoms with Gasteiger partial charge in [-0.2, -0.15) is 0 Å². The highest BCUT2D eigenvalue weighted by Crippen LogP contribution is 2.21. The van der Waals surface area contributed by atoms with Gasteiger partial charge in [0.2, 0.25) is 5.89 Å². The molecule has 0 radical (unpaired) electrons. The first-order valence-electron chi connectivity index (χ1n) is 7.42. The molecule has 7 heteroatoms. The number of sulfone groups is 1. The molecule has 1 unspecified atom stereocenters. The van der Waals surface area contributed by atoms with Gasteiger partial charge >= 0.3 is 0 Å². The minimum absolute atomic E-state index is 0.192. The molecule has 1 atom stereocenters. The summed E-state index contributed by atoms with van der Waals surface area (Å²) in [7, 11) is -3.57. The number of para-hydroxylation sites is 2. The van der Waals surface area contributed by atoms with Crippen LogP contribution in [0.1, 0.15) is 24.4 Å². The molecule has 0 saturated heterocycles. The summed E-state index contributed by atoms with van der Waals surface area (Å²) in [6.07, 6.45) is 0.986. The van der Waals surface area contributed by atoms with Gasteiger partial charge in [0.25, 0.3) is 0 Å². The van der Waals surface area contributed by atoms with Crippen LogP contribution in [0.5, 0.6) is 0 Å². The first-order chi connectivity index (χ1) is 11.3. The van der Waals surface area contributed by atoms with Crippen molar-refractivity contribution in [3.8, 4) is 0 Å². The van der Waals surface area contributed by atoms with Crippen molar-refractivity contribution < 1.29 is 17.2 Å². The molecular weight excluding hydrogens is 331 g/mol. The molecule has 3 rings (SSSR count). The Kier molecular flexibility index (Phi) is 4.38. The van der Waals surface area contributed by atoms with Crippen molar-refractivity contribution in [2.45, 2.75) is 24.4 Å². The van der Waals surface area contributed by atoms with Gasteiger partial charge in [0, 0.05) is 12.3 Å². The van der Waals surface area contributed by atoms with Gasteiger partial charge < -0.3 is 9.73 Å². The second kappa shape index (κ2) is 6.33. The van der Waals surface area contributed by atoms with Gasteiger partial charge in [-0.3, -0.25) is 0 Å². The maximum Gasteiger partial charge on any atom is 0.209 e. The standard InChI is InChI=1S/C17H17FN2O3S/c1-11(12-7-8-16(13(18)9-12)24(2,21)22)19-10-17-20-14-5-3-4-6-15(14)23-17/h3-9,11,19H,10H2,1-2H3. The van der Waals surface area contributed by atoms with Crippen LogP contribution in [0.3, 0.4) is 0 Å². The quantitative estimate of drug-likeness (QED) is 0.766. The van der Waals surface area contributed by atoms with Gasteiger partial charge in [0.15, 0.2) is 15.4 Å². The maximum absolute atomic E-state index is 14.0. The zero-order valence-corrected chi connectivity index (χ0v) is 14.1. The Hall–Kier alpha value is -2.25. The summed E-state index contributed by atoms with van der Waals surface area (Å²) >= 11 is 0. The number of aromatic nitrogens is 1. The van der Waals surface area contributed by atoms with Gasteiger partial charge in [-0.25, -0.2) is 17.8 Å². The molecule has 126 valence electrons. The zero-order chi connectivity index (χ0) is 17.3. The van der Waals surface area contributed by atoms with Gasteiger partial charge in [-0.1, -0.05) is 18.2 Å². The number of fused-ring (bicyclic) bond motifs is 1. The van der Waals surface area contributed by atoms with Crippen LogP contribution in [0.4, 0.5) is 4.39 Å². The fourth-order valence-electron chi connectivity index (χ4n) is 2.44. The summed E-state index contributed by atoms with van der Waals surface area (Å²) in [5.74, 6) is -0.207. The molecule has 0 amide bonds. The van der Waals surface area contributed by atoms with Gasteiger partial charge in [-0.05, 0) is 36.8 Å². The average molecular weight is 348 g/mol. The molecule has 2 aromatic carbocycles. The van der Waals surface area contributed by atoms with E-state index in [0.29, 0.717) is 23.6 Å². The van der Waals surface area contributed by atoms with Crippen LogP contribution in [0.15, 0.2) is 51.8 Å². The first kappa shape index (κ1) is 16.6. The van der Waals surface area contributed by atoms with E-state index in [-0.39, 0.29) is 10.9 Å². The number of hydrogen-bond donors (Lipinski definition) is 1. The predicted molar refractivity (Wildman–Crippen MR) is 88.8 cm³/mol. The van der Waals surface area contributed by atoms with Crippen molar-refractivity contribution in [2.75, 3.05) is 6.26 Å². The Labute approximate surface area is 139 Å². The summed E-state index contributed by atoms with van der Waals surface area (Å²) in [6.45, 7) is 2.24. The molecule has 0 aliphatic heterocycles. The van der Waals surface area contributed by atoms with Crippen molar-refractivity contribution in [3.05, 3.63) is 59.7 Å². The summed E-state index contributed by atoms with van der Waals surface area (Å²) in [5, 5.41) is 3.19. The molecule has 24 heavy (non-hydrogen) atoms. The third-order valence-corrected chi connectivity index (χ3v) is 4.88. The van der Waals surface area contributed by atoms with Crippen LogP contribution in [-0.2, 0) is 16.4 Å². The summed E-state index contributed by atoms with van der Waals surface area (Å²) in [6, 6.07) is 11.4. The Morgan fingerprint density at radius 1 is 1.25 bits per heavy atom. The summed E-state index contributed by atoms with van der Waals surface area (Å²) in [4.78, 5) is 4.07. The van der Waals surface area contributed by atoms with Crippen LogP contribution >= 0.6 is 0 Å². The first-order valence-corrected chi connectivity index (χ1v) is 9.31. The van der Waals surface area contributed by atoms with Crippen molar-refractivity contribution in [2.24, 2.45) is 0 Å². The number of nitrogens with one attached hydrogen (secondary N) is 1. The van der Waals surface area contributed by atoms with Crippen LogP contribution in [0.2, 0.25) is 0 Å². The predicted octanol–water partition coefficient (Wildman–Crippen LogP) is 3.22. The highest BCUT2D eigenvalue weighted by atomic mass is 32.2. The van der Waals surface area contributed by atoms with Crippen molar-refractivity contribution in [1.29, 1.82) is 0 Å². The topological polar surface area (TPSA) is 72.2 Å². The van der Waals surface area contributed by atoms with E-state index in [4.69, 9.17) is 4.42 Å². The van der Waals surface area contributed by atoms with E-state index >= 15 is 0 Å². The lowest BCUT2D eigenvalue weighted by molar-refractivity contribution is 0.466. The van der Waals surface area contributed by atoms with Gasteiger partial charge in [0.05, 0.1) is 6.54 Å². The van der Waals surface area contributed by atoms with Crippen LogP contribution < -0.4 is 5.32 Å². The molecule has 0 saturated carbocycles. The van der Waals surface area contributed by atoms with E-state index in [2.05, 4.69) is 10.3 Å². The average Bonchev–Trinajstić information content (AvgIpc) is 2.94. The number of rotatable bonds is 5. The SMILES string of the molecule is CC(NCc1nc2ccccc2o1)c1ccc(S(C)(=O)=O)c(F)c1. The van der Waals surface area contributed by atoms with Crippen LogP contribution in [0.25, 0.3) is 11.1 Å². The van der Waals surface area contributed by atoms with E-state index < -0.39 is 15.7 Å². The number of hydrogen-bond acceptors (Lipinski definition) is 5. The zero-order valence-electron chi connectivity index (χ0n) is 13.3. The summed E-state index contributed by atoms with van der Waals surface area (Å²) in [5.41, 5.74) is 2.15. The molecule has 0 bridgehead atoms. The lowest BCUT2D eigenvalue weighted by Gasteiger charge is -2.14. The number of nitrogens with zero attached hydrogens (tertiary/aromatic N) is 1. The summed E-state index contributed by atoms with van der Waals surface area (Å²) < 4.78 is 42.5. The van der Waals surface area contributed by atoms with Crippen molar-refractivity contribution in [1.82, 2.24) is 10.3 Å². The molecule has 0 aliphatic rings. The molecular formula is C17H17FN2O3S. The van der Waals surface area contributed by atoms with Gasteiger partial charge in [-0.15, -0.1) is 0 Å².